The molecule has 0 radical (unpaired) electrons. The quantitative estimate of drug-likeness (QED) is 0.0560. The van der Waals surface area contributed by atoms with Crippen LogP contribution in [-0.4, -0.2) is 0 Å². The Hall–Kier alpha value is -5.77. The molecule has 1 saturated carbocycles. The summed E-state index contributed by atoms with van der Waals surface area (Å²) in [5.74, 6) is 8.58. The molecule has 0 N–H and O–H groups in total. The van der Waals surface area contributed by atoms with E-state index in [0.717, 1.165) is 76.6 Å². The highest BCUT2D eigenvalue weighted by atomic mass is 35.5. The van der Waals surface area contributed by atoms with E-state index < -0.39 is 0 Å². The van der Waals surface area contributed by atoms with E-state index in [-0.39, 0.29) is 23.0 Å². The summed E-state index contributed by atoms with van der Waals surface area (Å²) in [7, 11) is 0. The third kappa shape index (κ3) is 82.7. The van der Waals surface area contributed by atoms with Crippen LogP contribution in [0.25, 0.3) is 0 Å². The van der Waals surface area contributed by atoms with Gasteiger partial charge in [-0.05, 0) is 345 Å². The van der Waals surface area contributed by atoms with Gasteiger partial charge in [-0.15, -0.1) is 6.58 Å². The highest BCUT2D eigenvalue weighted by Crippen LogP contribution is 2.43. The molecule has 8 aromatic carbocycles. The monoisotopic (exact) mass is 2130 g/mol. The number of benzene rings is 8. The second-order valence-corrected chi connectivity index (χ2v) is 62.4. The Morgan fingerprint density at radius 1 is 0.267 bits per heavy atom. The Morgan fingerprint density at radius 3 is 0.787 bits per heavy atom. The lowest BCUT2D eigenvalue weighted by molar-refractivity contribution is 0.260. The van der Waals surface area contributed by atoms with Gasteiger partial charge in [-0.25, -0.2) is 8.78 Å². The molecule has 1 aliphatic rings. The van der Waals surface area contributed by atoms with Gasteiger partial charge >= 0.3 is 0 Å². The fourth-order valence-corrected chi connectivity index (χ4v) is 20.8. The van der Waals surface area contributed by atoms with Crippen LogP contribution in [0.3, 0.4) is 0 Å². The molecule has 1 fully saturated rings. The van der Waals surface area contributed by atoms with Crippen molar-refractivity contribution in [3.05, 3.63) is 294 Å². The van der Waals surface area contributed by atoms with Gasteiger partial charge in [0.15, 0.2) is 0 Å². The van der Waals surface area contributed by atoms with Crippen LogP contribution in [0.2, 0.25) is 15.1 Å². The predicted octanol–water partition coefficient (Wildman–Crippen LogP) is 50.9. The van der Waals surface area contributed by atoms with Crippen LogP contribution in [0.4, 0.5) is 8.78 Å². The number of rotatable bonds is 23. The van der Waals surface area contributed by atoms with Crippen molar-refractivity contribution in [1.29, 1.82) is 0 Å². The van der Waals surface area contributed by atoms with Crippen LogP contribution in [-0.2, 0) is 0 Å². The predicted molar refractivity (Wildman–Crippen MR) is 682 cm³/mol. The van der Waals surface area contributed by atoms with Crippen LogP contribution < -0.4 is 0 Å². The lowest BCUT2D eigenvalue weighted by Crippen LogP contribution is -2.14. The molecule has 11 atom stereocenters. The van der Waals surface area contributed by atoms with Crippen LogP contribution in [0, 0.1) is 141 Å². The first-order valence-corrected chi connectivity index (χ1v) is 59.5. The first kappa shape index (κ1) is 148. The van der Waals surface area contributed by atoms with Gasteiger partial charge < -0.3 is 0 Å². The standard InChI is InChI=1S/C14H21Cl.2C14H21F.2C14H22.C13H18Cl2.2C13H20.C10H22.C9H20.C9H18.C8H16/c1-10-6-7-12(13(15)8-10)11(2)9-14(3,4)5;1-10-6-7-12(8-13(10)15)11(2)9-14(3,4)5;1-10-6-7-12(13(15)8-10)11(2)9-14(3,4)5;2*1-11-6-8-13(9-7-11)12(2)10-14(3,4)5;1-9(8-13(2,3)4)10-5-6-11(14)12(15)7-10;2*1-11(10-13(2,3)4)12-8-6-5-7-9-12;1-8(2)9(3)7-10(4,5)6;2*1-6-8(2)7-9(3,4)5;1-8(2,3)6-7-4-5-7/h3*6-8,11H,9H2,1-5H3;2*6-9,12H,10H2,1-5H3;5-7,9H,8H2,1-4H3;2*5-9,11H,10H2,1-4H3;8-9H,7H2,1-6H3;8H,6-7H2,1-5H3;6,8H,1,7H2,2-5H3;7H,4-6H2,1-3H3. The van der Waals surface area contributed by atoms with Crippen LogP contribution in [0.15, 0.2) is 195 Å². The average Bonchev–Trinajstić information content (AvgIpc) is 1.48. The molecule has 0 aromatic heterocycles. The second kappa shape index (κ2) is 68.8. The molecule has 0 heterocycles. The van der Waals surface area contributed by atoms with E-state index in [1.807, 2.05) is 49.4 Å². The smallest absolute Gasteiger partial charge is 0.126 e. The minimum atomic E-state index is -0.0896. The summed E-state index contributed by atoms with van der Waals surface area (Å²) in [5.41, 5.74) is 20.9. The topological polar surface area (TPSA) is 0 Å². The van der Waals surface area contributed by atoms with Gasteiger partial charge in [-0.3, -0.25) is 0 Å². The molecular weight excluding hydrogens is 1890 g/mol. The molecule has 0 aliphatic heterocycles. The summed E-state index contributed by atoms with van der Waals surface area (Å²) in [4.78, 5) is 0. The highest BCUT2D eigenvalue weighted by molar-refractivity contribution is 6.42. The van der Waals surface area contributed by atoms with Crippen molar-refractivity contribution in [2.45, 2.75) is 524 Å². The number of allylic oxidation sites excluding steroid dienone is 1. The third-order valence-corrected chi connectivity index (χ3v) is 27.8. The average molecular weight is 2130 g/mol. The van der Waals surface area contributed by atoms with Crippen molar-refractivity contribution >= 4 is 34.8 Å². The first-order valence-electron chi connectivity index (χ1n) is 58.3. The molecule has 8 aromatic rings. The lowest BCUT2D eigenvalue weighted by atomic mass is 9.81. The first-order chi connectivity index (χ1) is 67.7. The molecule has 0 saturated heterocycles. The maximum atomic E-state index is 13.7. The molecule has 1 aliphatic carbocycles. The number of aryl methyl sites for hydroxylation is 5. The lowest BCUT2D eigenvalue weighted by Gasteiger charge is -2.25. The van der Waals surface area contributed by atoms with Crippen molar-refractivity contribution in [2.24, 2.45) is 94.6 Å². The van der Waals surface area contributed by atoms with Crippen molar-refractivity contribution < 1.29 is 8.78 Å². The number of halogens is 5. The maximum Gasteiger partial charge on any atom is 0.126 e. The van der Waals surface area contributed by atoms with Crippen LogP contribution in [0.1, 0.15) is 562 Å². The summed E-state index contributed by atoms with van der Waals surface area (Å²) < 4.78 is 27.0. The Kier molecular flexibility index (Phi) is 68.0. The maximum absolute atomic E-state index is 13.7. The van der Waals surface area contributed by atoms with E-state index in [2.05, 4.69) is 507 Å². The normalized spacial score (nSPS) is 14.7. The Bertz CT molecular complexity index is 4570. The zero-order valence-corrected chi connectivity index (χ0v) is 111. The van der Waals surface area contributed by atoms with Crippen LogP contribution in [0.5, 0.6) is 0 Å². The minimum Gasteiger partial charge on any atom is -0.207 e. The zero-order valence-electron chi connectivity index (χ0n) is 109. The second-order valence-electron chi connectivity index (χ2n) is 61.2. The Labute approximate surface area is 949 Å². The van der Waals surface area contributed by atoms with Crippen molar-refractivity contribution in [3.63, 3.8) is 0 Å². The van der Waals surface area contributed by atoms with Gasteiger partial charge in [0.05, 0.1) is 10.0 Å². The van der Waals surface area contributed by atoms with Gasteiger partial charge in [0.25, 0.3) is 0 Å². The van der Waals surface area contributed by atoms with E-state index in [0.29, 0.717) is 117 Å². The van der Waals surface area contributed by atoms with Gasteiger partial charge in [0, 0.05) is 5.02 Å². The third-order valence-electron chi connectivity index (χ3n) is 26.7. The molecule has 856 valence electrons. The Morgan fingerprint density at radius 2 is 0.540 bits per heavy atom. The summed E-state index contributed by atoms with van der Waals surface area (Å²) in [6.45, 7) is 128. The fraction of sp³-hybridized carbons (Fsp3) is 0.655. The molecule has 0 nitrogen and oxygen atoms in total. The van der Waals surface area contributed by atoms with E-state index >= 15 is 0 Å². The molecular formula is C145H241Cl3F2. The summed E-state index contributed by atoms with van der Waals surface area (Å²) in [5, 5.41) is 2.19. The van der Waals surface area contributed by atoms with E-state index in [1.165, 1.54) is 121 Å². The van der Waals surface area contributed by atoms with Crippen molar-refractivity contribution in [3.8, 4) is 0 Å². The highest BCUT2D eigenvalue weighted by Gasteiger charge is 2.29. The largest absolute Gasteiger partial charge is 0.207 e. The van der Waals surface area contributed by atoms with Gasteiger partial charge in [-0.2, -0.15) is 0 Å². The summed E-state index contributed by atoms with van der Waals surface area (Å²) in [6.07, 6.45) is 21.1. The van der Waals surface area contributed by atoms with E-state index in [1.54, 1.807) is 19.1 Å². The molecule has 9 rings (SSSR count). The minimum absolute atomic E-state index is 0.0632. The number of hydrogen-bond acceptors (Lipinski definition) is 0. The molecule has 0 bridgehead atoms. The SMILES string of the molecule is C=CC(C)CC(C)(C)C.CC(C)(C)CC1CC1.CC(C)C(C)CC(C)(C)C.CC(CC(C)(C)C)c1ccc(Cl)c(Cl)c1.CC(CC(C)(C)C)c1ccccc1.CC(CC(C)(C)C)c1ccccc1.CCC(C)CC(C)(C)C.Cc1ccc(C(C)CC(C)(C)C)c(Cl)c1.Cc1ccc(C(C)CC(C)(C)C)c(F)c1.Cc1ccc(C(C)CC(C)(C)C)cc1.Cc1ccc(C(C)CC(C)(C)C)cc1.Cc1ccc(C(C)CC(C)(C)C)cc1F. The molecule has 5 heteroatoms. The Balaban J connectivity index is -0.00000158. The summed E-state index contributed by atoms with van der Waals surface area (Å²) >= 11 is 18.1. The molecule has 11 unspecified atom stereocenters. The van der Waals surface area contributed by atoms with Crippen molar-refractivity contribution in [2.75, 3.05) is 0 Å². The molecule has 0 spiro atoms. The molecule has 150 heavy (non-hydrogen) atoms. The van der Waals surface area contributed by atoms with E-state index in [4.69, 9.17) is 34.8 Å². The number of hydrogen-bond donors (Lipinski definition) is 0. The van der Waals surface area contributed by atoms with Gasteiger partial charge in [-0.1, -0.05) is 569 Å². The van der Waals surface area contributed by atoms with E-state index in [9.17, 15) is 8.78 Å². The van der Waals surface area contributed by atoms with Gasteiger partial charge in [0.2, 0.25) is 0 Å². The van der Waals surface area contributed by atoms with Crippen LogP contribution >= 0.6 is 34.8 Å². The molecule has 0 amide bonds. The van der Waals surface area contributed by atoms with Crippen molar-refractivity contribution in [1.82, 2.24) is 0 Å². The fourth-order valence-electron chi connectivity index (χ4n) is 20.1. The summed E-state index contributed by atoms with van der Waals surface area (Å²) in [6, 6.07) is 62.7. The zero-order chi connectivity index (χ0) is 117. The van der Waals surface area contributed by atoms with Gasteiger partial charge in [0.1, 0.15) is 11.6 Å².